The number of nitrogens with one attached hydrogen (secondary N) is 2. The highest BCUT2D eigenvalue weighted by atomic mass is 16.6. The SMILES string of the molecule is O=C(COC(=O)c1ccc(NC(=O)[C@@H]2CC=CC[C@H]2C(=O)O)cc1)Nc1ccc2c(c1)OCCO2. The van der Waals surface area contributed by atoms with E-state index in [0.717, 1.165) is 0 Å². The van der Waals surface area contributed by atoms with Crippen molar-refractivity contribution in [3.05, 3.63) is 60.2 Å². The van der Waals surface area contributed by atoms with Crippen molar-refractivity contribution in [1.29, 1.82) is 0 Å². The number of carbonyl (C=O) groups is 4. The largest absolute Gasteiger partial charge is 0.486 e. The van der Waals surface area contributed by atoms with Gasteiger partial charge < -0.3 is 30.0 Å². The van der Waals surface area contributed by atoms with Gasteiger partial charge in [0.1, 0.15) is 13.2 Å². The smallest absolute Gasteiger partial charge is 0.338 e. The molecule has 2 atom stereocenters. The van der Waals surface area contributed by atoms with Gasteiger partial charge >= 0.3 is 11.9 Å². The van der Waals surface area contributed by atoms with Crippen LogP contribution < -0.4 is 20.1 Å². The van der Waals surface area contributed by atoms with Gasteiger partial charge in [0, 0.05) is 17.4 Å². The second kappa shape index (κ2) is 10.7. The predicted molar refractivity (Wildman–Crippen MR) is 124 cm³/mol. The predicted octanol–water partition coefficient (Wildman–Crippen LogP) is 2.86. The van der Waals surface area contributed by atoms with Crippen molar-refractivity contribution < 1.29 is 38.5 Å². The number of benzene rings is 2. The zero-order valence-corrected chi connectivity index (χ0v) is 18.7. The number of amides is 2. The molecule has 0 saturated heterocycles. The number of rotatable bonds is 7. The van der Waals surface area contributed by atoms with E-state index in [0.29, 0.717) is 48.9 Å². The number of carboxylic acid groups (broad SMARTS) is 1. The van der Waals surface area contributed by atoms with Gasteiger partial charge in [0.25, 0.3) is 5.91 Å². The minimum atomic E-state index is -1.01. The third kappa shape index (κ3) is 5.97. The number of anilines is 2. The fraction of sp³-hybridized carbons (Fsp3) is 0.280. The van der Waals surface area contributed by atoms with Crippen LogP contribution in [0.15, 0.2) is 54.6 Å². The molecule has 0 spiro atoms. The minimum absolute atomic E-state index is 0.194. The van der Waals surface area contributed by atoms with Crippen molar-refractivity contribution in [3.8, 4) is 11.5 Å². The van der Waals surface area contributed by atoms with Crippen LogP contribution >= 0.6 is 0 Å². The van der Waals surface area contributed by atoms with E-state index in [1.807, 2.05) is 0 Å². The molecule has 2 aromatic rings. The number of esters is 1. The molecular formula is C25H24N2O8. The van der Waals surface area contributed by atoms with E-state index in [-0.39, 0.29) is 5.56 Å². The number of ether oxygens (including phenoxy) is 3. The normalized spacial score (nSPS) is 18.3. The first-order valence-corrected chi connectivity index (χ1v) is 11.1. The quantitative estimate of drug-likeness (QED) is 0.406. The van der Waals surface area contributed by atoms with E-state index in [2.05, 4.69) is 10.6 Å². The number of hydrogen-bond acceptors (Lipinski definition) is 7. The summed E-state index contributed by atoms with van der Waals surface area (Å²) in [5.41, 5.74) is 1.09. The van der Waals surface area contributed by atoms with E-state index < -0.39 is 42.2 Å². The molecular weight excluding hydrogens is 456 g/mol. The summed E-state index contributed by atoms with van der Waals surface area (Å²) >= 11 is 0. The van der Waals surface area contributed by atoms with Crippen molar-refractivity contribution in [2.75, 3.05) is 30.5 Å². The van der Waals surface area contributed by atoms with Crippen molar-refractivity contribution in [3.63, 3.8) is 0 Å². The highest BCUT2D eigenvalue weighted by Crippen LogP contribution is 2.32. The summed E-state index contributed by atoms with van der Waals surface area (Å²) in [6, 6.07) is 10.9. The molecule has 0 unspecified atom stereocenters. The van der Waals surface area contributed by atoms with Crippen molar-refractivity contribution in [1.82, 2.24) is 0 Å². The van der Waals surface area contributed by atoms with Gasteiger partial charge in [-0.1, -0.05) is 12.2 Å². The summed E-state index contributed by atoms with van der Waals surface area (Å²) < 4.78 is 16.0. The second-order valence-corrected chi connectivity index (χ2v) is 8.04. The van der Waals surface area contributed by atoms with Crippen LogP contribution in [0, 0.1) is 11.8 Å². The van der Waals surface area contributed by atoms with Crippen LogP contribution in [0.2, 0.25) is 0 Å². The number of hydrogen-bond donors (Lipinski definition) is 3. The maximum absolute atomic E-state index is 12.5. The summed E-state index contributed by atoms with van der Waals surface area (Å²) in [7, 11) is 0. The van der Waals surface area contributed by atoms with Crippen LogP contribution in [-0.2, 0) is 19.1 Å². The van der Waals surface area contributed by atoms with Crippen molar-refractivity contribution in [2.45, 2.75) is 12.8 Å². The molecule has 10 nitrogen and oxygen atoms in total. The summed E-state index contributed by atoms with van der Waals surface area (Å²) in [4.78, 5) is 48.4. The van der Waals surface area contributed by atoms with Gasteiger partial charge in [0.15, 0.2) is 18.1 Å². The molecule has 35 heavy (non-hydrogen) atoms. The Hall–Kier alpha value is -4.34. The van der Waals surface area contributed by atoms with Crippen LogP contribution in [0.1, 0.15) is 23.2 Å². The van der Waals surface area contributed by atoms with E-state index in [1.165, 1.54) is 24.3 Å². The van der Waals surface area contributed by atoms with E-state index in [9.17, 15) is 24.3 Å². The number of carbonyl (C=O) groups excluding carboxylic acids is 3. The molecule has 2 amide bonds. The lowest BCUT2D eigenvalue weighted by Gasteiger charge is -2.24. The molecule has 1 aliphatic carbocycles. The molecule has 182 valence electrons. The molecule has 1 aliphatic heterocycles. The van der Waals surface area contributed by atoms with Crippen LogP contribution in [0.4, 0.5) is 11.4 Å². The fourth-order valence-corrected chi connectivity index (χ4v) is 3.83. The summed E-state index contributed by atoms with van der Waals surface area (Å²) in [5, 5.41) is 14.7. The van der Waals surface area contributed by atoms with E-state index in [1.54, 1.807) is 30.4 Å². The Bertz CT molecular complexity index is 1160. The molecule has 10 heteroatoms. The highest BCUT2D eigenvalue weighted by molar-refractivity contribution is 5.97. The monoisotopic (exact) mass is 480 g/mol. The first-order valence-electron chi connectivity index (χ1n) is 11.1. The Labute approximate surface area is 200 Å². The number of aliphatic carboxylic acids is 1. The number of allylic oxidation sites excluding steroid dienone is 2. The maximum Gasteiger partial charge on any atom is 0.338 e. The second-order valence-electron chi connectivity index (χ2n) is 8.04. The van der Waals surface area contributed by atoms with Crippen LogP contribution in [0.3, 0.4) is 0 Å². The van der Waals surface area contributed by atoms with Gasteiger partial charge in [0.2, 0.25) is 5.91 Å². The Morgan fingerprint density at radius 1 is 0.857 bits per heavy atom. The Balaban J connectivity index is 1.27. The van der Waals surface area contributed by atoms with Crippen LogP contribution in [0.5, 0.6) is 11.5 Å². The van der Waals surface area contributed by atoms with Gasteiger partial charge in [-0.15, -0.1) is 0 Å². The van der Waals surface area contributed by atoms with Gasteiger partial charge in [-0.2, -0.15) is 0 Å². The first-order chi connectivity index (χ1) is 16.9. The molecule has 4 rings (SSSR count). The molecule has 2 aromatic carbocycles. The Morgan fingerprint density at radius 3 is 2.23 bits per heavy atom. The topological polar surface area (TPSA) is 140 Å². The molecule has 1 heterocycles. The molecule has 0 saturated carbocycles. The zero-order valence-electron chi connectivity index (χ0n) is 18.7. The van der Waals surface area contributed by atoms with Crippen molar-refractivity contribution >= 4 is 35.1 Å². The Morgan fingerprint density at radius 2 is 1.51 bits per heavy atom. The lowest BCUT2D eigenvalue weighted by molar-refractivity contribution is -0.146. The molecule has 3 N–H and O–H groups in total. The molecule has 2 aliphatic rings. The standard InChI is InChI=1S/C25H24N2O8/c28-22(26-17-9-10-20-21(13-17)34-12-11-33-20)14-35-25(32)15-5-7-16(8-6-15)27-23(29)18-3-1-2-4-19(18)24(30)31/h1-2,5-10,13,18-19H,3-4,11-12,14H2,(H,26,28)(H,27,29)(H,30,31)/t18-,19-/m1/s1. The maximum atomic E-state index is 12.5. The van der Waals surface area contributed by atoms with Crippen LogP contribution in [0.25, 0.3) is 0 Å². The number of carboxylic acids is 1. The average molecular weight is 480 g/mol. The number of fused-ring (bicyclic) bond motifs is 1. The molecule has 0 bridgehead atoms. The van der Waals surface area contributed by atoms with Crippen molar-refractivity contribution in [2.24, 2.45) is 11.8 Å². The first kappa shape index (κ1) is 23.8. The molecule has 0 radical (unpaired) electrons. The summed E-state index contributed by atoms with van der Waals surface area (Å²) in [6.07, 6.45) is 4.22. The lowest BCUT2D eigenvalue weighted by Crippen LogP contribution is -2.34. The van der Waals surface area contributed by atoms with E-state index >= 15 is 0 Å². The minimum Gasteiger partial charge on any atom is -0.486 e. The summed E-state index contributed by atoms with van der Waals surface area (Å²) in [6.45, 7) is 0.397. The highest BCUT2D eigenvalue weighted by Gasteiger charge is 2.34. The third-order valence-corrected chi connectivity index (χ3v) is 5.63. The van der Waals surface area contributed by atoms with Gasteiger partial charge in [-0.3, -0.25) is 14.4 Å². The van der Waals surface area contributed by atoms with Gasteiger partial charge in [-0.05, 0) is 49.2 Å². The molecule has 0 aromatic heterocycles. The fourth-order valence-electron chi connectivity index (χ4n) is 3.83. The molecule has 0 fully saturated rings. The van der Waals surface area contributed by atoms with Crippen LogP contribution in [-0.4, -0.2) is 48.7 Å². The summed E-state index contributed by atoms with van der Waals surface area (Å²) in [5.74, 6) is -2.96. The lowest BCUT2D eigenvalue weighted by atomic mass is 9.82. The van der Waals surface area contributed by atoms with E-state index in [4.69, 9.17) is 14.2 Å². The van der Waals surface area contributed by atoms with Gasteiger partial charge in [0.05, 0.1) is 17.4 Å². The Kier molecular flexibility index (Phi) is 7.30. The zero-order chi connectivity index (χ0) is 24.8. The van der Waals surface area contributed by atoms with Gasteiger partial charge in [-0.25, -0.2) is 4.79 Å². The average Bonchev–Trinajstić information content (AvgIpc) is 2.87. The third-order valence-electron chi connectivity index (χ3n) is 5.63.